The zero-order valence-electron chi connectivity index (χ0n) is 31.4. The van der Waals surface area contributed by atoms with Crippen LogP contribution in [0.1, 0.15) is 105 Å². The smallest absolute Gasteiger partial charge is 0.258 e. The summed E-state index contributed by atoms with van der Waals surface area (Å²) < 4.78 is 6.24. The minimum Gasteiger partial charge on any atom is -0.493 e. The van der Waals surface area contributed by atoms with Gasteiger partial charge >= 0.3 is 0 Å². The number of hydrogen-bond donors (Lipinski definition) is 2. The molecule has 0 saturated carbocycles. The van der Waals surface area contributed by atoms with Crippen molar-refractivity contribution in [1.82, 2.24) is 15.0 Å². The molecule has 4 rings (SSSR count). The van der Waals surface area contributed by atoms with E-state index in [1.165, 1.54) is 17.7 Å². The average Bonchev–Trinajstić information content (AvgIpc) is 3.54. The standard InChI is InChI=1S/C39H46Cl5N5O4/c1-10-38(6,7)21-14-17-26(23(19-21)39(8,9)11-2)53-18-12-13-27(50)45-22-15-16-24(40)25(20-22)46-36(52)34(35(51)37(3,4)5)49-47-32-30(43)28(41)29(42)31(44)33(32)48-49/h14-17,19-20,34H,10-13,18H2,1-9H3,(H,45,50)(H,46,52). The molecule has 286 valence electrons. The fraction of sp³-hybridized carbons (Fsp3) is 0.462. The number of ketones is 1. The van der Waals surface area contributed by atoms with Crippen molar-refractivity contribution in [2.75, 3.05) is 17.2 Å². The second-order valence-electron chi connectivity index (χ2n) is 15.4. The molecule has 4 aromatic rings. The number of aromatic nitrogens is 3. The van der Waals surface area contributed by atoms with Crippen molar-refractivity contribution < 1.29 is 19.1 Å². The predicted molar refractivity (Wildman–Crippen MR) is 218 cm³/mol. The number of fused-ring (bicyclic) bond motifs is 1. The lowest BCUT2D eigenvalue weighted by atomic mass is 9.76. The van der Waals surface area contributed by atoms with Crippen molar-refractivity contribution in [3.8, 4) is 5.75 Å². The van der Waals surface area contributed by atoms with Crippen molar-refractivity contribution in [1.29, 1.82) is 0 Å². The molecule has 1 aromatic heterocycles. The highest BCUT2D eigenvalue weighted by Gasteiger charge is 2.39. The summed E-state index contributed by atoms with van der Waals surface area (Å²) in [4.78, 5) is 41.4. The highest BCUT2D eigenvalue weighted by atomic mass is 35.5. The maximum atomic E-state index is 13.8. The maximum Gasteiger partial charge on any atom is 0.258 e. The lowest BCUT2D eigenvalue weighted by molar-refractivity contribution is -0.136. The second kappa shape index (κ2) is 16.7. The number of carbonyl (C=O) groups is 3. The zero-order valence-corrected chi connectivity index (χ0v) is 35.2. The predicted octanol–water partition coefficient (Wildman–Crippen LogP) is 11.7. The van der Waals surface area contributed by atoms with Gasteiger partial charge in [0.2, 0.25) is 11.9 Å². The number of benzene rings is 3. The molecule has 2 N–H and O–H groups in total. The number of rotatable bonds is 14. The molecule has 9 nitrogen and oxygen atoms in total. The van der Waals surface area contributed by atoms with E-state index in [9.17, 15) is 14.4 Å². The maximum absolute atomic E-state index is 13.8. The molecule has 2 amide bonds. The first-order valence-electron chi connectivity index (χ1n) is 17.4. The van der Waals surface area contributed by atoms with Gasteiger partial charge in [-0.25, -0.2) is 0 Å². The van der Waals surface area contributed by atoms with Crippen LogP contribution in [-0.2, 0) is 25.2 Å². The summed E-state index contributed by atoms with van der Waals surface area (Å²) in [5, 5.41) is 14.2. The first-order chi connectivity index (χ1) is 24.6. The normalized spacial score (nSPS) is 12.9. The summed E-state index contributed by atoms with van der Waals surface area (Å²) in [6, 6.07) is 9.53. The molecule has 53 heavy (non-hydrogen) atoms. The minimum atomic E-state index is -1.56. The lowest BCUT2D eigenvalue weighted by Gasteiger charge is -2.30. The van der Waals surface area contributed by atoms with Gasteiger partial charge in [0.25, 0.3) is 5.91 Å². The van der Waals surface area contributed by atoms with Gasteiger partial charge in [-0.3, -0.25) is 14.4 Å². The van der Waals surface area contributed by atoms with Crippen LogP contribution in [0, 0.1) is 5.41 Å². The van der Waals surface area contributed by atoms with Crippen molar-refractivity contribution in [3.63, 3.8) is 0 Å². The van der Waals surface area contributed by atoms with Crippen molar-refractivity contribution in [3.05, 3.63) is 72.6 Å². The van der Waals surface area contributed by atoms with E-state index in [1.54, 1.807) is 26.8 Å². The van der Waals surface area contributed by atoms with Crippen LogP contribution in [0.5, 0.6) is 5.75 Å². The Morgan fingerprint density at radius 2 is 1.36 bits per heavy atom. The molecule has 0 saturated heterocycles. The fourth-order valence-corrected chi connectivity index (χ4v) is 6.48. The molecule has 14 heteroatoms. The molecule has 0 fully saturated rings. The van der Waals surface area contributed by atoms with Crippen molar-refractivity contribution in [2.45, 2.75) is 105 Å². The molecule has 1 atom stereocenters. The number of nitrogens with zero attached hydrogens (tertiary/aromatic N) is 3. The van der Waals surface area contributed by atoms with E-state index in [4.69, 9.17) is 62.7 Å². The third kappa shape index (κ3) is 9.60. The van der Waals surface area contributed by atoms with Crippen LogP contribution in [-0.4, -0.2) is 39.2 Å². The molecular formula is C39H46Cl5N5O4. The monoisotopic (exact) mass is 823 g/mol. The lowest BCUT2D eigenvalue weighted by Crippen LogP contribution is -2.39. The van der Waals surface area contributed by atoms with E-state index in [-0.39, 0.29) is 65.0 Å². The molecule has 1 unspecified atom stereocenters. The molecule has 0 spiro atoms. The van der Waals surface area contributed by atoms with Crippen LogP contribution in [0.25, 0.3) is 11.0 Å². The second-order valence-corrected chi connectivity index (χ2v) is 17.3. The molecule has 0 radical (unpaired) electrons. The van der Waals surface area contributed by atoms with Gasteiger partial charge in [0.05, 0.1) is 37.4 Å². The Bertz CT molecular complexity index is 1990. The number of hydrogen-bond acceptors (Lipinski definition) is 6. The number of halogens is 5. The van der Waals surface area contributed by atoms with Crippen LogP contribution < -0.4 is 15.4 Å². The van der Waals surface area contributed by atoms with E-state index in [2.05, 4.69) is 74.5 Å². The van der Waals surface area contributed by atoms with Crippen LogP contribution in [0.2, 0.25) is 25.1 Å². The van der Waals surface area contributed by atoms with Crippen LogP contribution in [0.4, 0.5) is 11.4 Å². The molecule has 1 heterocycles. The van der Waals surface area contributed by atoms with Crippen molar-refractivity contribution >= 4 is 98.0 Å². The minimum absolute atomic E-state index is 0.0295. The van der Waals surface area contributed by atoms with Gasteiger partial charge in [0, 0.05) is 23.1 Å². The Morgan fingerprint density at radius 1 is 0.774 bits per heavy atom. The van der Waals surface area contributed by atoms with E-state index in [1.807, 2.05) is 6.07 Å². The summed E-state index contributed by atoms with van der Waals surface area (Å²) in [7, 11) is 0. The Labute approximate surface area is 336 Å². The first-order valence-corrected chi connectivity index (χ1v) is 19.3. The Balaban J connectivity index is 1.47. The zero-order chi connectivity index (χ0) is 39.6. The van der Waals surface area contributed by atoms with Gasteiger partial charge in [-0.2, -0.15) is 15.0 Å². The molecule has 0 bridgehead atoms. The first kappa shape index (κ1) is 42.7. The average molecular weight is 826 g/mol. The van der Waals surface area contributed by atoms with Gasteiger partial charge in [0.1, 0.15) is 16.8 Å². The number of nitrogens with one attached hydrogen (secondary N) is 2. The van der Waals surface area contributed by atoms with Gasteiger partial charge in [-0.1, -0.05) is 132 Å². The van der Waals surface area contributed by atoms with Gasteiger partial charge in [-0.05, 0) is 59.9 Å². The molecular weight excluding hydrogens is 780 g/mol. The Kier molecular flexibility index (Phi) is 13.5. The van der Waals surface area contributed by atoms with E-state index in [0.29, 0.717) is 18.7 Å². The molecule has 0 aliphatic carbocycles. The number of carbonyl (C=O) groups excluding carboxylic acids is 3. The summed E-state index contributed by atoms with van der Waals surface area (Å²) >= 11 is 31.6. The van der Waals surface area contributed by atoms with Crippen LogP contribution >= 0.6 is 58.0 Å². The topological polar surface area (TPSA) is 115 Å². The van der Waals surface area contributed by atoms with Gasteiger partial charge in [-0.15, -0.1) is 0 Å². The molecule has 3 aromatic carbocycles. The third-order valence-electron chi connectivity index (χ3n) is 9.66. The number of amides is 2. The Morgan fingerprint density at radius 3 is 1.91 bits per heavy atom. The highest BCUT2D eigenvalue weighted by molar-refractivity contribution is 6.54. The summed E-state index contributed by atoms with van der Waals surface area (Å²) in [6.07, 6.45) is 2.64. The number of Topliss-reactive ketones (excluding diaryl/α,β-unsaturated/α-hetero) is 1. The van der Waals surface area contributed by atoms with Crippen LogP contribution in [0.15, 0.2) is 36.4 Å². The molecule has 0 aliphatic heterocycles. The summed E-state index contributed by atoms with van der Waals surface area (Å²) in [5.74, 6) is -0.712. The number of ether oxygens (including phenoxy) is 1. The van der Waals surface area contributed by atoms with Gasteiger partial charge in [0.15, 0.2) is 5.78 Å². The largest absolute Gasteiger partial charge is 0.493 e. The number of anilines is 2. The molecule has 0 aliphatic rings. The summed E-state index contributed by atoms with van der Waals surface area (Å²) in [6.45, 7) is 18.6. The van der Waals surface area contributed by atoms with Crippen molar-refractivity contribution in [2.24, 2.45) is 5.41 Å². The van der Waals surface area contributed by atoms with Crippen LogP contribution in [0.3, 0.4) is 0 Å². The Hall–Kier alpha value is -3.08. The third-order valence-corrected chi connectivity index (χ3v) is 11.8. The van der Waals surface area contributed by atoms with Gasteiger partial charge < -0.3 is 15.4 Å². The SMILES string of the molecule is CCC(C)(C)c1ccc(OCCCC(=O)Nc2ccc(Cl)c(NC(=O)C(C(=O)C(C)(C)C)n3nc4c(Cl)c(Cl)c(Cl)c(Cl)c4n3)c2)c(C(C)(C)CC)c1. The fourth-order valence-electron chi connectivity index (χ4n) is 5.41. The summed E-state index contributed by atoms with van der Waals surface area (Å²) in [5.41, 5.74) is 2.09. The van der Waals surface area contributed by atoms with E-state index >= 15 is 0 Å². The van der Waals surface area contributed by atoms with E-state index in [0.717, 1.165) is 29.0 Å². The highest BCUT2D eigenvalue weighted by Crippen LogP contribution is 2.42. The quantitative estimate of drug-likeness (QED) is 0.0566. The van der Waals surface area contributed by atoms with E-state index < -0.39 is 23.1 Å².